The van der Waals surface area contributed by atoms with Crippen LogP contribution in [0.2, 0.25) is 0 Å². The number of nitrogens with zero attached hydrogens (tertiary/aromatic N) is 2. The lowest BCUT2D eigenvalue weighted by atomic mass is 10.0. The van der Waals surface area contributed by atoms with Gasteiger partial charge in [-0.1, -0.05) is 26.0 Å². The van der Waals surface area contributed by atoms with Crippen LogP contribution in [-0.4, -0.2) is 23.9 Å². The largest absolute Gasteiger partial charge is 0.369 e. The summed E-state index contributed by atoms with van der Waals surface area (Å²) in [6, 6.07) is 8.36. The molecule has 1 aromatic carbocycles. The molecule has 2 rings (SSSR count). The maximum Gasteiger partial charge on any atom is 0.196 e. The van der Waals surface area contributed by atoms with E-state index in [9.17, 15) is 0 Å². The Balaban J connectivity index is 2.06. The van der Waals surface area contributed by atoms with Crippen molar-refractivity contribution in [2.75, 3.05) is 13.1 Å². The highest BCUT2D eigenvalue weighted by molar-refractivity contribution is 5.81. The molecule has 3 heteroatoms. The molecule has 0 radical (unpaired) electrons. The summed E-state index contributed by atoms with van der Waals surface area (Å²) in [6.07, 6.45) is 3.76. The zero-order valence-corrected chi connectivity index (χ0v) is 11.4. The smallest absolute Gasteiger partial charge is 0.196 e. The van der Waals surface area contributed by atoms with Crippen LogP contribution in [0.15, 0.2) is 29.3 Å². The topological polar surface area (TPSA) is 41.6 Å². The Morgan fingerprint density at radius 3 is 2.28 bits per heavy atom. The lowest BCUT2D eigenvalue weighted by Gasteiger charge is -2.27. The Morgan fingerprint density at radius 2 is 1.72 bits per heavy atom. The fraction of sp³-hybridized carbons (Fsp3) is 0.533. The number of piperidine rings is 1. The van der Waals surface area contributed by atoms with Crippen molar-refractivity contribution in [3.8, 4) is 0 Å². The molecule has 1 aromatic rings. The van der Waals surface area contributed by atoms with Crippen LogP contribution < -0.4 is 5.73 Å². The first-order valence-electron chi connectivity index (χ1n) is 6.86. The molecule has 3 nitrogen and oxygen atoms in total. The second kappa shape index (κ2) is 5.89. The maximum atomic E-state index is 6.05. The Morgan fingerprint density at radius 1 is 1.11 bits per heavy atom. The minimum Gasteiger partial charge on any atom is -0.369 e. The van der Waals surface area contributed by atoms with Crippen LogP contribution in [0.25, 0.3) is 0 Å². The van der Waals surface area contributed by atoms with Gasteiger partial charge < -0.3 is 10.6 Å². The highest BCUT2D eigenvalue weighted by Crippen LogP contribution is 2.19. The van der Waals surface area contributed by atoms with Gasteiger partial charge in [-0.15, -0.1) is 0 Å². The Hall–Kier alpha value is -1.51. The van der Waals surface area contributed by atoms with Gasteiger partial charge in [0.25, 0.3) is 0 Å². The van der Waals surface area contributed by atoms with Crippen molar-refractivity contribution in [2.45, 2.75) is 39.0 Å². The van der Waals surface area contributed by atoms with Gasteiger partial charge in [0, 0.05) is 13.1 Å². The predicted octanol–water partition coefficient (Wildman–Crippen LogP) is 3.24. The number of rotatable bonds is 2. The van der Waals surface area contributed by atoms with Gasteiger partial charge in [-0.2, -0.15) is 0 Å². The zero-order chi connectivity index (χ0) is 13.0. The molecule has 0 amide bonds. The standard InChI is InChI=1S/C15H23N3/c1-12(2)13-6-8-14(9-7-13)17-15(16)18-10-4-3-5-11-18/h6-9,12H,3-5,10-11H2,1-2H3,(H2,16,17). The molecule has 0 unspecified atom stereocenters. The van der Waals surface area contributed by atoms with E-state index in [4.69, 9.17) is 5.73 Å². The maximum absolute atomic E-state index is 6.05. The van der Waals surface area contributed by atoms with E-state index in [2.05, 4.69) is 35.9 Å². The molecule has 1 aliphatic rings. The van der Waals surface area contributed by atoms with E-state index in [-0.39, 0.29) is 0 Å². The van der Waals surface area contributed by atoms with E-state index in [1.165, 1.54) is 24.8 Å². The van der Waals surface area contributed by atoms with Crippen LogP contribution >= 0.6 is 0 Å². The molecular weight excluding hydrogens is 222 g/mol. The van der Waals surface area contributed by atoms with Crippen molar-refractivity contribution in [1.82, 2.24) is 4.90 Å². The zero-order valence-electron chi connectivity index (χ0n) is 11.4. The second-order valence-electron chi connectivity index (χ2n) is 5.26. The average Bonchev–Trinajstić information content (AvgIpc) is 2.40. The number of hydrogen-bond donors (Lipinski definition) is 1. The molecule has 0 aromatic heterocycles. The third-order valence-electron chi connectivity index (χ3n) is 3.48. The van der Waals surface area contributed by atoms with Gasteiger partial charge >= 0.3 is 0 Å². The fourth-order valence-electron chi connectivity index (χ4n) is 2.26. The number of likely N-dealkylation sites (tertiary alicyclic amines) is 1. The molecule has 2 N–H and O–H groups in total. The highest BCUT2D eigenvalue weighted by atomic mass is 15.2. The quantitative estimate of drug-likeness (QED) is 0.642. The first kappa shape index (κ1) is 12.9. The van der Waals surface area contributed by atoms with Crippen molar-refractivity contribution < 1.29 is 0 Å². The molecule has 1 fully saturated rings. The van der Waals surface area contributed by atoms with Crippen LogP contribution in [0.5, 0.6) is 0 Å². The van der Waals surface area contributed by atoms with Gasteiger partial charge in [-0.25, -0.2) is 4.99 Å². The van der Waals surface area contributed by atoms with E-state index in [1.807, 2.05) is 12.1 Å². The summed E-state index contributed by atoms with van der Waals surface area (Å²) < 4.78 is 0. The number of hydrogen-bond acceptors (Lipinski definition) is 1. The molecule has 1 heterocycles. The van der Waals surface area contributed by atoms with Gasteiger partial charge in [0.1, 0.15) is 0 Å². The van der Waals surface area contributed by atoms with E-state index in [0.717, 1.165) is 18.8 Å². The summed E-state index contributed by atoms with van der Waals surface area (Å²) >= 11 is 0. The molecule has 0 atom stereocenters. The molecule has 0 aliphatic carbocycles. The van der Waals surface area contributed by atoms with E-state index < -0.39 is 0 Å². The summed E-state index contributed by atoms with van der Waals surface area (Å²) in [5.74, 6) is 1.22. The summed E-state index contributed by atoms with van der Waals surface area (Å²) in [5.41, 5.74) is 8.34. The minimum atomic E-state index is 0.558. The molecule has 18 heavy (non-hydrogen) atoms. The molecule has 0 spiro atoms. The van der Waals surface area contributed by atoms with Gasteiger partial charge in [-0.3, -0.25) is 0 Å². The van der Waals surface area contributed by atoms with Crippen LogP contribution in [0.4, 0.5) is 5.69 Å². The Kier molecular flexibility index (Phi) is 4.24. The summed E-state index contributed by atoms with van der Waals surface area (Å²) in [4.78, 5) is 6.68. The molecule has 1 saturated heterocycles. The molecule has 1 aliphatic heterocycles. The van der Waals surface area contributed by atoms with Gasteiger partial charge in [0.05, 0.1) is 5.69 Å². The monoisotopic (exact) mass is 245 g/mol. The highest BCUT2D eigenvalue weighted by Gasteiger charge is 2.11. The fourth-order valence-corrected chi connectivity index (χ4v) is 2.26. The van der Waals surface area contributed by atoms with Crippen molar-refractivity contribution in [3.05, 3.63) is 29.8 Å². The molecule has 98 valence electrons. The molecule has 0 bridgehead atoms. The van der Waals surface area contributed by atoms with Crippen molar-refractivity contribution in [3.63, 3.8) is 0 Å². The summed E-state index contributed by atoms with van der Waals surface area (Å²) in [6.45, 7) is 6.47. The number of aliphatic imine (C=N–C) groups is 1. The number of guanidine groups is 1. The molecule has 0 saturated carbocycles. The van der Waals surface area contributed by atoms with E-state index >= 15 is 0 Å². The first-order chi connectivity index (χ1) is 8.66. The van der Waals surface area contributed by atoms with Gasteiger partial charge in [0.15, 0.2) is 5.96 Å². The molecular formula is C15H23N3. The number of benzene rings is 1. The van der Waals surface area contributed by atoms with Crippen molar-refractivity contribution in [2.24, 2.45) is 10.7 Å². The third-order valence-corrected chi connectivity index (χ3v) is 3.48. The van der Waals surface area contributed by atoms with Crippen molar-refractivity contribution >= 4 is 11.6 Å². The lowest BCUT2D eigenvalue weighted by Crippen LogP contribution is -2.40. The summed E-state index contributed by atoms with van der Waals surface area (Å²) in [5, 5.41) is 0. The van der Waals surface area contributed by atoms with Crippen LogP contribution in [-0.2, 0) is 0 Å². The average molecular weight is 245 g/mol. The first-order valence-corrected chi connectivity index (χ1v) is 6.86. The van der Waals surface area contributed by atoms with Gasteiger partial charge in [-0.05, 0) is 42.9 Å². The van der Waals surface area contributed by atoms with Crippen LogP contribution in [0.3, 0.4) is 0 Å². The van der Waals surface area contributed by atoms with E-state index in [1.54, 1.807) is 0 Å². The minimum absolute atomic E-state index is 0.558. The Labute approximate surface area is 110 Å². The third kappa shape index (κ3) is 3.25. The van der Waals surface area contributed by atoms with Crippen LogP contribution in [0.1, 0.15) is 44.6 Å². The van der Waals surface area contributed by atoms with Crippen molar-refractivity contribution in [1.29, 1.82) is 0 Å². The predicted molar refractivity (Wildman–Crippen MR) is 77.2 cm³/mol. The normalized spacial score (nSPS) is 17.3. The summed E-state index contributed by atoms with van der Waals surface area (Å²) in [7, 11) is 0. The number of nitrogens with two attached hydrogens (primary N) is 1. The second-order valence-corrected chi connectivity index (χ2v) is 5.26. The lowest BCUT2D eigenvalue weighted by molar-refractivity contribution is 0.339. The van der Waals surface area contributed by atoms with E-state index in [0.29, 0.717) is 11.9 Å². The SMILES string of the molecule is CC(C)c1ccc(N=C(N)N2CCCCC2)cc1. The van der Waals surface area contributed by atoms with Gasteiger partial charge in [0.2, 0.25) is 0 Å². The Bertz CT molecular complexity index is 400. The van der Waals surface area contributed by atoms with Crippen LogP contribution in [0, 0.1) is 0 Å².